The molecule has 1 fully saturated rings. The van der Waals surface area contributed by atoms with Crippen LogP contribution in [0.1, 0.15) is 43.6 Å². The molecule has 0 unspecified atom stereocenters. The summed E-state index contributed by atoms with van der Waals surface area (Å²) >= 11 is 5.15. The van der Waals surface area contributed by atoms with Crippen LogP contribution in [-0.2, 0) is 5.75 Å². The van der Waals surface area contributed by atoms with Gasteiger partial charge in [-0.25, -0.2) is 4.98 Å². The van der Waals surface area contributed by atoms with E-state index in [0.29, 0.717) is 4.47 Å². The first kappa shape index (κ1) is 13.1. The number of H-pyrrole nitrogens is 1. The van der Waals surface area contributed by atoms with Crippen molar-refractivity contribution in [3.05, 3.63) is 26.3 Å². The van der Waals surface area contributed by atoms with Gasteiger partial charge in [0.15, 0.2) is 0 Å². The summed E-state index contributed by atoms with van der Waals surface area (Å²) in [7, 11) is 0. The fourth-order valence-electron chi connectivity index (χ4n) is 2.13. The summed E-state index contributed by atoms with van der Waals surface area (Å²) in [6.45, 7) is 1.86. The van der Waals surface area contributed by atoms with Gasteiger partial charge in [0, 0.05) is 5.25 Å². The van der Waals surface area contributed by atoms with E-state index in [1.54, 1.807) is 0 Å². The maximum atomic E-state index is 11.6. The summed E-state index contributed by atoms with van der Waals surface area (Å²) in [5.41, 5.74) is 0.699. The molecule has 0 aromatic carbocycles. The van der Waals surface area contributed by atoms with Crippen LogP contribution in [0, 0.1) is 6.92 Å². The third-order valence-electron chi connectivity index (χ3n) is 3.09. The lowest BCUT2D eigenvalue weighted by molar-refractivity contribution is 0.516. The predicted molar refractivity (Wildman–Crippen MR) is 75.5 cm³/mol. The molecule has 1 aromatic heterocycles. The van der Waals surface area contributed by atoms with Crippen molar-refractivity contribution in [2.24, 2.45) is 0 Å². The number of hydrogen-bond donors (Lipinski definition) is 1. The molecule has 94 valence electrons. The molecule has 0 saturated heterocycles. The van der Waals surface area contributed by atoms with Crippen LogP contribution in [0.2, 0.25) is 0 Å². The molecule has 0 bridgehead atoms. The van der Waals surface area contributed by atoms with Crippen LogP contribution in [0.25, 0.3) is 0 Å². The van der Waals surface area contributed by atoms with Gasteiger partial charge in [-0.2, -0.15) is 11.8 Å². The molecule has 3 nitrogen and oxygen atoms in total. The van der Waals surface area contributed by atoms with Crippen molar-refractivity contribution in [2.75, 3.05) is 0 Å². The lowest BCUT2D eigenvalue weighted by atomic mass is 10.0. The fourth-order valence-corrected chi connectivity index (χ4v) is 3.51. The van der Waals surface area contributed by atoms with Crippen molar-refractivity contribution in [3.63, 3.8) is 0 Å². The second kappa shape index (κ2) is 6.05. The lowest BCUT2D eigenvalue weighted by Crippen LogP contribution is -2.15. The van der Waals surface area contributed by atoms with E-state index >= 15 is 0 Å². The van der Waals surface area contributed by atoms with E-state index in [9.17, 15) is 4.79 Å². The van der Waals surface area contributed by atoms with Crippen molar-refractivity contribution >= 4 is 27.7 Å². The maximum Gasteiger partial charge on any atom is 0.265 e. The van der Waals surface area contributed by atoms with Gasteiger partial charge < -0.3 is 4.98 Å². The van der Waals surface area contributed by atoms with Gasteiger partial charge in [0.25, 0.3) is 5.56 Å². The van der Waals surface area contributed by atoms with Crippen LogP contribution in [0.3, 0.4) is 0 Å². The second-order valence-corrected chi connectivity index (χ2v) is 6.56. The highest BCUT2D eigenvalue weighted by atomic mass is 79.9. The van der Waals surface area contributed by atoms with Gasteiger partial charge in [0.2, 0.25) is 0 Å². The number of nitrogens with one attached hydrogen (secondary N) is 1. The first-order valence-corrected chi connectivity index (χ1v) is 7.88. The number of aromatic amines is 1. The molecule has 1 N–H and O–H groups in total. The van der Waals surface area contributed by atoms with E-state index in [-0.39, 0.29) is 5.56 Å². The first-order valence-electron chi connectivity index (χ1n) is 6.03. The third kappa shape index (κ3) is 3.58. The van der Waals surface area contributed by atoms with Crippen LogP contribution < -0.4 is 5.56 Å². The number of halogens is 1. The highest BCUT2D eigenvalue weighted by Gasteiger charge is 2.14. The molecule has 0 radical (unpaired) electrons. The molecule has 1 heterocycles. The quantitative estimate of drug-likeness (QED) is 0.929. The summed E-state index contributed by atoms with van der Waals surface area (Å²) in [5.74, 6) is 1.61. The zero-order chi connectivity index (χ0) is 12.3. The zero-order valence-electron chi connectivity index (χ0n) is 9.96. The van der Waals surface area contributed by atoms with Crippen molar-refractivity contribution in [1.82, 2.24) is 9.97 Å². The monoisotopic (exact) mass is 316 g/mol. The molecule has 1 aliphatic rings. The van der Waals surface area contributed by atoms with Crippen molar-refractivity contribution < 1.29 is 0 Å². The Morgan fingerprint density at radius 1 is 1.41 bits per heavy atom. The summed E-state index contributed by atoms with van der Waals surface area (Å²) in [6, 6.07) is 0. The minimum atomic E-state index is -0.0725. The average molecular weight is 317 g/mol. The zero-order valence-corrected chi connectivity index (χ0v) is 12.4. The van der Waals surface area contributed by atoms with E-state index in [1.165, 1.54) is 32.1 Å². The molecule has 1 aromatic rings. The Morgan fingerprint density at radius 3 is 2.76 bits per heavy atom. The molecule has 0 atom stereocenters. The molecule has 0 amide bonds. The van der Waals surface area contributed by atoms with Crippen LogP contribution in [-0.4, -0.2) is 15.2 Å². The van der Waals surface area contributed by atoms with Gasteiger partial charge in [-0.05, 0) is 35.7 Å². The Morgan fingerprint density at radius 2 is 2.12 bits per heavy atom. The molecule has 0 spiro atoms. The number of aromatic nitrogens is 2. The van der Waals surface area contributed by atoms with Gasteiger partial charge in [-0.1, -0.05) is 19.3 Å². The summed E-state index contributed by atoms with van der Waals surface area (Å²) in [4.78, 5) is 18.8. The second-order valence-electron chi connectivity index (χ2n) is 4.48. The van der Waals surface area contributed by atoms with Gasteiger partial charge in [-0.3, -0.25) is 4.79 Å². The van der Waals surface area contributed by atoms with Crippen LogP contribution in [0.5, 0.6) is 0 Å². The van der Waals surface area contributed by atoms with Gasteiger partial charge in [0.1, 0.15) is 10.3 Å². The highest BCUT2D eigenvalue weighted by molar-refractivity contribution is 9.10. The molecule has 2 rings (SSSR count). The van der Waals surface area contributed by atoms with Crippen LogP contribution in [0.15, 0.2) is 9.27 Å². The van der Waals surface area contributed by atoms with E-state index in [1.807, 2.05) is 18.7 Å². The number of thioether (sulfide) groups is 1. The van der Waals surface area contributed by atoms with E-state index in [2.05, 4.69) is 25.9 Å². The topological polar surface area (TPSA) is 45.8 Å². The molecule has 5 heteroatoms. The molecule has 0 aliphatic heterocycles. The van der Waals surface area contributed by atoms with Crippen molar-refractivity contribution in [2.45, 2.75) is 50.0 Å². The third-order valence-corrected chi connectivity index (χ3v) is 5.40. The minimum Gasteiger partial charge on any atom is -0.309 e. The Balaban J connectivity index is 1.96. The number of aryl methyl sites for hydroxylation is 1. The van der Waals surface area contributed by atoms with Crippen LogP contribution in [0.4, 0.5) is 0 Å². The van der Waals surface area contributed by atoms with Crippen molar-refractivity contribution in [1.29, 1.82) is 0 Å². The summed E-state index contributed by atoms with van der Waals surface area (Å²) in [5, 5.41) is 0.748. The van der Waals surface area contributed by atoms with E-state index < -0.39 is 0 Å². The first-order chi connectivity index (χ1) is 8.16. The maximum absolute atomic E-state index is 11.6. The summed E-state index contributed by atoms with van der Waals surface area (Å²) in [6.07, 6.45) is 6.69. The SMILES string of the molecule is Cc1nc(CSC2CCCCC2)[nH]c(=O)c1Br. The number of rotatable bonds is 3. The Labute approximate surface area is 114 Å². The summed E-state index contributed by atoms with van der Waals surface area (Å²) < 4.78 is 0.545. The smallest absolute Gasteiger partial charge is 0.265 e. The predicted octanol–water partition coefficient (Wildman–Crippen LogP) is 3.41. The van der Waals surface area contributed by atoms with Crippen LogP contribution >= 0.6 is 27.7 Å². The van der Waals surface area contributed by atoms with E-state index in [0.717, 1.165) is 22.5 Å². The molecule has 17 heavy (non-hydrogen) atoms. The number of hydrogen-bond acceptors (Lipinski definition) is 3. The largest absolute Gasteiger partial charge is 0.309 e. The number of nitrogens with zero attached hydrogens (tertiary/aromatic N) is 1. The molecular weight excluding hydrogens is 300 g/mol. The average Bonchev–Trinajstić information content (AvgIpc) is 2.34. The Kier molecular flexibility index (Phi) is 4.68. The Bertz CT molecular complexity index is 441. The molecule has 1 saturated carbocycles. The van der Waals surface area contributed by atoms with Gasteiger partial charge in [-0.15, -0.1) is 0 Å². The lowest BCUT2D eigenvalue weighted by Gasteiger charge is -2.20. The molecule has 1 aliphatic carbocycles. The minimum absolute atomic E-state index is 0.0725. The van der Waals surface area contributed by atoms with Gasteiger partial charge in [0.05, 0.1) is 11.4 Å². The standard InChI is InChI=1S/C12H17BrN2OS/c1-8-11(13)12(16)15-10(14-8)7-17-9-5-3-2-4-6-9/h9H,2-7H2,1H3,(H,14,15,16). The fraction of sp³-hybridized carbons (Fsp3) is 0.667. The Hall–Kier alpha value is -0.290. The highest BCUT2D eigenvalue weighted by Crippen LogP contribution is 2.29. The van der Waals surface area contributed by atoms with Gasteiger partial charge >= 0.3 is 0 Å². The molecular formula is C12H17BrN2OS. The van der Waals surface area contributed by atoms with E-state index in [4.69, 9.17) is 0 Å². The van der Waals surface area contributed by atoms with Crippen molar-refractivity contribution in [3.8, 4) is 0 Å². The normalized spacial score (nSPS) is 17.3.